The normalized spacial score (nSPS) is 11.6. The molecule has 0 amide bonds. The molecule has 0 aliphatic carbocycles. The number of likely N-dealkylation sites (N-methyl/N-ethyl adjacent to an activating group) is 1. The number of ether oxygens (including phenoxy) is 1. The first-order valence-electron chi connectivity index (χ1n) is 3.60. The molecule has 2 nitrogen and oxygen atoms in total. The fraction of sp³-hybridized carbons (Fsp3) is 0.857. The second-order valence-electron chi connectivity index (χ2n) is 2.36. The average Bonchev–Trinajstić information content (AvgIpc) is 1.88. The van der Waals surface area contributed by atoms with Gasteiger partial charge in [0.1, 0.15) is 0 Å². The van der Waals surface area contributed by atoms with E-state index in [1.807, 2.05) is 18.7 Å². The van der Waals surface area contributed by atoms with E-state index in [2.05, 4.69) is 0 Å². The van der Waals surface area contributed by atoms with E-state index >= 15 is 0 Å². The van der Waals surface area contributed by atoms with E-state index in [1.165, 1.54) is 0 Å². The fourth-order valence-corrected chi connectivity index (χ4v) is 1.57. The van der Waals surface area contributed by atoms with E-state index < -0.39 is 0 Å². The molecule has 0 spiro atoms. The molecule has 0 aromatic rings. The Morgan fingerprint density at radius 3 is 2.42 bits per heavy atom. The zero-order valence-corrected chi connectivity index (χ0v) is 11.8. The molecule has 0 aromatic carbocycles. The van der Waals surface area contributed by atoms with E-state index in [-0.39, 0.29) is 35.6 Å². The van der Waals surface area contributed by atoms with E-state index in [9.17, 15) is 0 Å². The van der Waals surface area contributed by atoms with Gasteiger partial charge in [0, 0.05) is 19.7 Å². The van der Waals surface area contributed by atoms with Crippen LogP contribution in [0.15, 0.2) is 0 Å². The first-order valence-corrected chi connectivity index (χ1v) is 4.41. The van der Waals surface area contributed by atoms with Gasteiger partial charge in [-0.2, -0.15) is 0 Å². The summed E-state index contributed by atoms with van der Waals surface area (Å²) in [5.74, 6) is 0. The Labute approximate surface area is 108 Å². The van der Waals surface area contributed by atoms with Crippen molar-refractivity contribution in [1.82, 2.24) is 4.90 Å². The molecule has 0 aliphatic rings. The number of nitrogens with zero attached hydrogens (tertiary/aromatic N) is 1. The molecular formula is C7H14NNaOS2. The van der Waals surface area contributed by atoms with Crippen molar-refractivity contribution in [2.24, 2.45) is 0 Å². The number of hydrogen-bond acceptors (Lipinski definition) is 3. The van der Waals surface area contributed by atoms with Gasteiger partial charge in [0.15, 0.2) is 0 Å². The summed E-state index contributed by atoms with van der Waals surface area (Å²) in [5.41, 5.74) is 0. The predicted octanol–water partition coefficient (Wildman–Crippen LogP) is -1.82. The quantitative estimate of drug-likeness (QED) is 0.311. The largest absolute Gasteiger partial charge is 1.00 e. The Hall–Kier alpha value is 1.07. The molecule has 0 radical (unpaired) electrons. The SMILES string of the molecule is CCN(C(=S)[S-])C(C)COC.[Na+]. The van der Waals surface area contributed by atoms with E-state index in [0.29, 0.717) is 10.9 Å². The Bertz CT molecular complexity index is 135. The molecule has 0 N–H and O–H groups in total. The molecule has 1 unspecified atom stereocenters. The number of hydrogen-bond donors (Lipinski definition) is 0. The van der Waals surface area contributed by atoms with E-state index in [4.69, 9.17) is 29.6 Å². The molecule has 1 atom stereocenters. The molecule has 12 heavy (non-hydrogen) atoms. The average molecular weight is 215 g/mol. The second kappa shape index (κ2) is 8.66. The molecule has 66 valence electrons. The first kappa shape index (κ1) is 15.5. The molecule has 0 fully saturated rings. The van der Waals surface area contributed by atoms with Crippen molar-refractivity contribution in [3.63, 3.8) is 0 Å². The summed E-state index contributed by atoms with van der Waals surface area (Å²) < 4.78 is 5.51. The number of methoxy groups -OCH3 is 1. The van der Waals surface area contributed by atoms with Crippen LogP contribution in [0.5, 0.6) is 0 Å². The van der Waals surface area contributed by atoms with Gasteiger partial charge in [0.25, 0.3) is 0 Å². The van der Waals surface area contributed by atoms with Crippen LogP contribution in [0.2, 0.25) is 0 Å². The summed E-state index contributed by atoms with van der Waals surface area (Å²) in [4.78, 5) is 1.97. The Morgan fingerprint density at radius 2 is 2.17 bits per heavy atom. The molecule has 0 aromatic heterocycles. The van der Waals surface area contributed by atoms with Crippen LogP contribution in [-0.2, 0) is 17.4 Å². The molecule has 0 saturated carbocycles. The second-order valence-corrected chi connectivity index (χ2v) is 3.39. The third-order valence-electron chi connectivity index (χ3n) is 1.52. The fourth-order valence-electron chi connectivity index (χ4n) is 0.952. The minimum Gasteiger partial charge on any atom is -0.411 e. The van der Waals surface area contributed by atoms with Crippen LogP contribution in [-0.4, -0.2) is 35.5 Å². The molecule has 0 rings (SSSR count). The van der Waals surface area contributed by atoms with Crippen LogP contribution in [0.1, 0.15) is 13.8 Å². The van der Waals surface area contributed by atoms with E-state index in [0.717, 1.165) is 6.54 Å². The minimum absolute atomic E-state index is 0. The maximum atomic E-state index is 4.99. The summed E-state index contributed by atoms with van der Waals surface area (Å²) in [6, 6.07) is 0.287. The maximum Gasteiger partial charge on any atom is 1.00 e. The van der Waals surface area contributed by atoms with Crippen LogP contribution < -0.4 is 29.6 Å². The summed E-state index contributed by atoms with van der Waals surface area (Å²) in [6.45, 7) is 5.60. The number of thiocarbonyl (C=S) groups is 1. The zero-order chi connectivity index (χ0) is 8.85. The van der Waals surface area contributed by atoms with Crippen molar-refractivity contribution in [1.29, 1.82) is 0 Å². The van der Waals surface area contributed by atoms with Crippen LogP contribution in [0.3, 0.4) is 0 Å². The van der Waals surface area contributed by atoms with Gasteiger partial charge in [-0.05, 0) is 13.8 Å². The van der Waals surface area contributed by atoms with E-state index in [1.54, 1.807) is 7.11 Å². The smallest absolute Gasteiger partial charge is 0.411 e. The monoisotopic (exact) mass is 215 g/mol. The van der Waals surface area contributed by atoms with Gasteiger partial charge in [0.05, 0.1) is 6.61 Å². The summed E-state index contributed by atoms with van der Waals surface area (Å²) in [5, 5.41) is 0. The van der Waals surface area contributed by atoms with Gasteiger partial charge in [-0.25, -0.2) is 0 Å². The molecule has 0 aliphatic heterocycles. The minimum atomic E-state index is 0. The summed E-state index contributed by atoms with van der Waals surface area (Å²) >= 11 is 9.78. The summed E-state index contributed by atoms with van der Waals surface area (Å²) in [6.07, 6.45) is 0. The van der Waals surface area contributed by atoms with Crippen molar-refractivity contribution in [3.05, 3.63) is 0 Å². The van der Waals surface area contributed by atoms with Crippen molar-refractivity contribution in [2.45, 2.75) is 19.9 Å². The van der Waals surface area contributed by atoms with Crippen LogP contribution >= 0.6 is 12.2 Å². The number of rotatable bonds is 4. The third-order valence-corrected chi connectivity index (χ3v) is 1.98. The Kier molecular flexibility index (Phi) is 11.2. The van der Waals surface area contributed by atoms with Gasteiger partial charge in [0.2, 0.25) is 0 Å². The van der Waals surface area contributed by atoms with Crippen molar-refractivity contribution in [3.8, 4) is 0 Å². The van der Waals surface area contributed by atoms with Gasteiger partial charge >= 0.3 is 29.6 Å². The van der Waals surface area contributed by atoms with Crippen LogP contribution in [0, 0.1) is 0 Å². The Morgan fingerprint density at radius 1 is 1.67 bits per heavy atom. The molecule has 0 bridgehead atoms. The predicted molar refractivity (Wildman–Crippen MR) is 53.7 cm³/mol. The van der Waals surface area contributed by atoms with Gasteiger partial charge < -0.3 is 34.5 Å². The van der Waals surface area contributed by atoms with Gasteiger partial charge in [-0.3, -0.25) is 0 Å². The van der Waals surface area contributed by atoms with Crippen molar-refractivity contribution < 1.29 is 34.3 Å². The van der Waals surface area contributed by atoms with Crippen molar-refractivity contribution >= 4 is 29.2 Å². The molecule has 5 heteroatoms. The van der Waals surface area contributed by atoms with Gasteiger partial charge in [-0.15, -0.1) is 0 Å². The van der Waals surface area contributed by atoms with Crippen LogP contribution in [0.4, 0.5) is 0 Å². The molecule has 0 heterocycles. The standard InChI is InChI=1S/C7H15NOS2.Na/c1-4-8(7(10)11)6(2)5-9-3;/h6H,4-5H2,1-3H3,(H,10,11);/q;+1/p-1. The first-order chi connectivity index (χ1) is 5.13. The third kappa shape index (κ3) is 5.67. The zero-order valence-electron chi connectivity index (χ0n) is 8.16. The molecule has 0 saturated heterocycles. The van der Waals surface area contributed by atoms with Crippen molar-refractivity contribution in [2.75, 3.05) is 20.3 Å². The van der Waals surface area contributed by atoms with Gasteiger partial charge in [-0.1, -0.05) is 4.32 Å². The Balaban J connectivity index is 0. The topological polar surface area (TPSA) is 12.5 Å². The summed E-state index contributed by atoms with van der Waals surface area (Å²) in [7, 11) is 1.68. The maximum absolute atomic E-state index is 4.99. The molecular weight excluding hydrogens is 201 g/mol. The van der Waals surface area contributed by atoms with Crippen LogP contribution in [0.25, 0.3) is 0 Å².